The number of benzene rings is 3. The second kappa shape index (κ2) is 9.01. The highest BCUT2D eigenvalue weighted by Crippen LogP contribution is 2.40. The fourth-order valence-electron chi connectivity index (χ4n) is 4.75. The Bertz CT molecular complexity index is 1490. The molecule has 0 spiro atoms. The first kappa shape index (κ1) is 22.8. The third kappa shape index (κ3) is 3.88. The molecule has 35 heavy (non-hydrogen) atoms. The van der Waals surface area contributed by atoms with E-state index in [0.29, 0.717) is 35.1 Å². The lowest BCUT2D eigenvalue weighted by Crippen LogP contribution is -2.37. The molecule has 4 aromatic rings. The molecule has 1 aliphatic rings. The minimum Gasteiger partial charge on any atom is -0.508 e. The zero-order chi connectivity index (χ0) is 24.7. The molecule has 0 radical (unpaired) electrons. The van der Waals surface area contributed by atoms with Crippen molar-refractivity contribution in [1.82, 2.24) is 9.97 Å². The van der Waals surface area contributed by atoms with Crippen molar-refractivity contribution in [2.24, 2.45) is 0 Å². The number of phenolic OH excluding ortho intramolecular Hbond substituents is 1. The lowest BCUT2D eigenvalue weighted by Gasteiger charge is -2.32. The van der Waals surface area contributed by atoms with Gasteiger partial charge in [-0.05, 0) is 48.1 Å². The molecule has 2 heterocycles. The number of nitrogens with zero attached hydrogens (tertiary/aromatic N) is 3. The normalized spacial score (nSPS) is 14.4. The van der Waals surface area contributed by atoms with Gasteiger partial charge >= 0.3 is 6.01 Å². The summed E-state index contributed by atoms with van der Waals surface area (Å²) in [5, 5.41) is 11.7. The lowest BCUT2D eigenvalue weighted by molar-refractivity contribution is 0.0818. The highest BCUT2D eigenvalue weighted by atomic mass is 19.1. The molecule has 5 rings (SSSR count). The second-order valence-corrected chi connectivity index (χ2v) is 8.44. The van der Waals surface area contributed by atoms with Crippen molar-refractivity contribution in [1.29, 1.82) is 0 Å². The fraction of sp³-hybridized carbons (Fsp3) is 0.259. The summed E-state index contributed by atoms with van der Waals surface area (Å²) < 4.78 is 41.4. The largest absolute Gasteiger partial charge is 0.508 e. The standard InChI is InChI=1S/C27H23F2N3O3/c1-4-18-22(28)8-5-15-13-16(33)14-21(23(15)18)19-6-7-20-25(24(19)29)30-27(35-3)31-26(20)32-11-9-17(34-2)10-12-32/h1,5-8,13-14,17,33H,9-12H2,2-3H3. The summed E-state index contributed by atoms with van der Waals surface area (Å²) >= 11 is 0. The Balaban J connectivity index is 1.74. The molecule has 0 saturated carbocycles. The smallest absolute Gasteiger partial charge is 0.318 e. The summed E-state index contributed by atoms with van der Waals surface area (Å²) in [5.74, 6) is 1.60. The topological polar surface area (TPSA) is 67.7 Å². The predicted molar refractivity (Wildman–Crippen MR) is 131 cm³/mol. The zero-order valence-corrected chi connectivity index (χ0v) is 19.3. The Kier molecular flexibility index (Phi) is 5.87. The van der Waals surface area contributed by atoms with Gasteiger partial charge < -0.3 is 19.5 Å². The quantitative estimate of drug-likeness (QED) is 0.417. The van der Waals surface area contributed by atoms with Crippen LogP contribution in [0.25, 0.3) is 32.8 Å². The van der Waals surface area contributed by atoms with E-state index in [-0.39, 0.29) is 40.1 Å². The van der Waals surface area contributed by atoms with Crippen molar-refractivity contribution in [2.45, 2.75) is 18.9 Å². The first-order valence-corrected chi connectivity index (χ1v) is 11.2. The first-order valence-electron chi connectivity index (χ1n) is 11.2. The molecule has 0 atom stereocenters. The Morgan fingerprint density at radius 2 is 1.83 bits per heavy atom. The predicted octanol–water partition coefficient (Wildman–Crippen LogP) is 5.04. The summed E-state index contributed by atoms with van der Waals surface area (Å²) in [5.41, 5.74) is 0.463. The van der Waals surface area contributed by atoms with Gasteiger partial charge in [0.1, 0.15) is 22.9 Å². The third-order valence-electron chi connectivity index (χ3n) is 6.51. The number of ether oxygens (including phenoxy) is 2. The molecular weight excluding hydrogens is 452 g/mol. The Morgan fingerprint density at radius 3 is 2.51 bits per heavy atom. The van der Waals surface area contributed by atoms with E-state index in [9.17, 15) is 9.50 Å². The van der Waals surface area contributed by atoms with Crippen LogP contribution in [0.3, 0.4) is 0 Å². The monoisotopic (exact) mass is 475 g/mol. The summed E-state index contributed by atoms with van der Waals surface area (Å²) in [6, 6.07) is 8.92. The van der Waals surface area contributed by atoms with Crippen molar-refractivity contribution < 1.29 is 23.4 Å². The van der Waals surface area contributed by atoms with E-state index in [1.165, 1.54) is 31.4 Å². The Hall–Kier alpha value is -3.96. The Labute approximate surface area is 201 Å². The average molecular weight is 475 g/mol. The molecule has 6 nitrogen and oxygen atoms in total. The van der Waals surface area contributed by atoms with Crippen LogP contribution in [0.5, 0.6) is 11.8 Å². The van der Waals surface area contributed by atoms with Gasteiger partial charge in [0.15, 0.2) is 5.82 Å². The third-order valence-corrected chi connectivity index (χ3v) is 6.51. The van der Waals surface area contributed by atoms with Crippen LogP contribution in [0.15, 0.2) is 36.4 Å². The molecule has 1 fully saturated rings. The van der Waals surface area contributed by atoms with Crippen molar-refractivity contribution in [2.75, 3.05) is 32.2 Å². The van der Waals surface area contributed by atoms with Crippen LogP contribution in [0.2, 0.25) is 0 Å². The number of terminal acetylenes is 1. The highest BCUT2D eigenvalue weighted by Gasteiger charge is 2.25. The van der Waals surface area contributed by atoms with Gasteiger partial charge in [0, 0.05) is 36.5 Å². The maximum absolute atomic E-state index is 16.1. The summed E-state index contributed by atoms with van der Waals surface area (Å²) in [6.07, 6.45) is 7.41. The first-order chi connectivity index (χ1) is 16.9. The highest BCUT2D eigenvalue weighted by molar-refractivity contribution is 6.04. The van der Waals surface area contributed by atoms with E-state index in [1.807, 2.05) is 0 Å². The molecule has 0 amide bonds. The number of hydrogen-bond acceptors (Lipinski definition) is 6. The van der Waals surface area contributed by atoms with Crippen LogP contribution >= 0.6 is 0 Å². The molecule has 178 valence electrons. The van der Waals surface area contributed by atoms with E-state index >= 15 is 4.39 Å². The van der Waals surface area contributed by atoms with Gasteiger partial charge in [-0.2, -0.15) is 9.97 Å². The number of rotatable bonds is 4. The van der Waals surface area contributed by atoms with Gasteiger partial charge in [-0.1, -0.05) is 18.1 Å². The zero-order valence-electron chi connectivity index (χ0n) is 19.3. The minimum atomic E-state index is -0.643. The molecule has 8 heteroatoms. The van der Waals surface area contributed by atoms with E-state index in [4.69, 9.17) is 15.9 Å². The molecule has 3 aromatic carbocycles. The Morgan fingerprint density at radius 1 is 1.06 bits per heavy atom. The molecule has 1 N–H and O–H groups in total. The second-order valence-electron chi connectivity index (χ2n) is 8.44. The number of fused-ring (bicyclic) bond motifs is 2. The number of aromatic nitrogens is 2. The summed E-state index contributed by atoms with van der Waals surface area (Å²) in [6.45, 7) is 1.39. The van der Waals surface area contributed by atoms with Crippen LogP contribution in [0.4, 0.5) is 14.6 Å². The number of methoxy groups -OCH3 is 2. The molecule has 0 unspecified atom stereocenters. The number of phenols is 1. The van der Waals surface area contributed by atoms with Crippen LogP contribution in [-0.4, -0.2) is 48.5 Å². The summed E-state index contributed by atoms with van der Waals surface area (Å²) in [7, 11) is 3.12. The van der Waals surface area contributed by atoms with Gasteiger partial charge in [-0.3, -0.25) is 0 Å². The van der Waals surface area contributed by atoms with Crippen molar-refractivity contribution in [3.8, 4) is 35.2 Å². The number of piperidine rings is 1. The molecule has 1 aliphatic heterocycles. The average Bonchev–Trinajstić information content (AvgIpc) is 2.88. The van der Waals surface area contributed by atoms with Gasteiger partial charge in [-0.25, -0.2) is 8.78 Å². The SMILES string of the molecule is C#Cc1c(F)ccc2cc(O)cc(-c3ccc4c(N5CCC(OC)CC5)nc(OC)nc4c3F)c12. The molecule has 0 aliphatic carbocycles. The lowest BCUT2D eigenvalue weighted by atomic mass is 9.93. The number of aromatic hydroxyl groups is 1. The van der Waals surface area contributed by atoms with Crippen molar-refractivity contribution in [3.05, 3.63) is 53.6 Å². The number of anilines is 1. The van der Waals surface area contributed by atoms with Crippen molar-refractivity contribution in [3.63, 3.8) is 0 Å². The van der Waals surface area contributed by atoms with Crippen LogP contribution in [-0.2, 0) is 4.74 Å². The van der Waals surface area contributed by atoms with Crippen LogP contribution < -0.4 is 9.64 Å². The molecular formula is C27H23F2N3O3. The fourth-order valence-corrected chi connectivity index (χ4v) is 4.75. The van der Waals surface area contributed by atoms with Gasteiger partial charge in [0.25, 0.3) is 0 Å². The maximum Gasteiger partial charge on any atom is 0.318 e. The van der Waals surface area contributed by atoms with E-state index in [1.54, 1.807) is 19.2 Å². The van der Waals surface area contributed by atoms with Crippen molar-refractivity contribution >= 4 is 27.5 Å². The van der Waals surface area contributed by atoms with E-state index in [0.717, 1.165) is 12.8 Å². The van der Waals surface area contributed by atoms with Gasteiger partial charge in [0.2, 0.25) is 0 Å². The van der Waals surface area contributed by atoms with E-state index < -0.39 is 11.6 Å². The van der Waals surface area contributed by atoms with E-state index in [2.05, 4.69) is 20.8 Å². The number of halogens is 2. The molecule has 1 saturated heterocycles. The molecule has 0 bridgehead atoms. The minimum absolute atomic E-state index is 0.000955. The van der Waals surface area contributed by atoms with Gasteiger partial charge in [-0.15, -0.1) is 6.42 Å². The van der Waals surface area contributed by atoms with Crippen LogP contribution in [0.1, 0.15) is 18.4 Å². The molecule has 1 aromatic heterocycles. The van der Waals surface area contributed by atoms with Crippen LogP contribution in [0, 0.1) is 24.0 Å². The summed E-state index contributed by atoms with van der Waals surface area (Å²) in [4.78, 5) is 10.9. The number of hydrogen-bond donors (Lipinski definition) is 1. The van der Waals surface area contributed by atoms with Gasteiger partial charge in [0.05, 0.1) is 18.8 Å². The maximum atomic E-state index is 16.1.